The highest BCUT2D eigenvalue weighted by Gasteiger charge is 2.19. The van der Waals surface area contributed by atoms with Crippen LogP contribution in [0.15, 0.2) is 48.9 Å². The smallest absolute Gasteiger partial charge is 0.159 e. The molecule has 1 aromatic carbocycles. The summed E-state index contributed by atoms with van der Waals surface area (Å²) in [5.74, 6) is 0.424. The quantitative estimate of drug-likeness (QED) is 0.746. The summed E-state index contributed by atoms with van der Waals surface area (Å²) in [4.78, 5) is 15.4. The molecule has 3 aromatic rings. The molecule has 3 heterocycles. The van der Waals surface area contributed by atoms with E-state index in [4.69, 9.17) is 10.7 Å². The number of hydrogen-bond donors (Lipinski definition) is 1. The lowest BCUT2D eigenvalue weighted by atomic mass is 10.1. The van der Waals surface area contributed by atoms with Gasteiger partial charge in [-0.15, -0.1) is 0 Å². The van der Waals surface area contributed by atoms with Crippen molar-refractivity contribution in [1.82, 2.24) is 19.9 Å². The van der Waals surface area contributed by atoms with E-state index in [2.05, 4.69) is 14.9 Å². The first-order valence-electron chi connectivity index (χ1n) is 8.20. The molecule has 0 unspecified atom stereocenters. The third-order valence-corrected chi connectivity index (χ3v) is 4.35. The average Bonchev–Trinajstić information content (AvgIpc) is 2.62. The molecule has 0 amide bonds. The van der Waals surface area contributed by atoms with Gasteiger partial charge < -0.3 is 5.73 Å². The molecule has 126 valence electrons. The van der Waals surface area contributed by atoms with Gasteiger partial charge in [0.2, 0.25) is 0 Å². The molecular formula is C19H18FN5. The fourth-order valence-electron chi connectivity index (χ4n) is 3.08. The SMILES string of the molecule is Nc1ccc(-c2ncc3c(n2)CCN(Cc2cncc(F)c2)C3)cc1. The Hall–Kier alpha value is -2.86. The number of nitrogens with zero attached hydrogens (tertiary/aromatic N) is 4. The van der Waals surface area contributed by atoms with E-state index in [0.717, 1.165) is 53.4 Å². The van der Waals surface area contributed by atoms with Crippen molar-refractivity contribution in [2.45, 2.75) is 19.5 Å². The minimum absolute atomic E-state index is 0.300. The van der Waals surface area contributed by atoms with E-state index in [1.54, 1.807) is 6.20 Å². The zero-order chi connectivity index (χ0) is 17.2. The van der Waals surface area contributed by atoms with Gasteiger partial charge in [-0.2, -0.15) is 0 Å². The summed E-state index contributed by atoms with van der Waals surface area (Å²) in [5.41, 5.74) is 10.5. The summed E-state index contributed by atoms with van der Waals surface area (Å²) in [6.07, 6.45) is 5.67. The Morgan fingerprint density at radius 2 is 1.96 bits per heavy atom. The lowest BCUT2D eigenvalue weighted by molar-refractivity contribution is 0.242. The fourth-order valence-corrected chi connectivity index (χ4v) is 3.08. The molecular weight excluding hydrogens is 317 g/mol. The standard InChI is InChI=1S/C19H18FN5/c20-16-7-13(8-22-10-16)11-25-6-5-18-15(12-25)9-23-19(24-18)14-1-3-17(21)4-2-14/h1-4,7-10H,5-6,11-12,21H2. The van der Waals surface area contributed by atoms with Gasteiger partial charge in [-0.05, 0) is 35.9 Å². The Kier molecular flexibility index (Phi) is 4.11. The number of nitrogens with two attached hydrogens (primary N) is 1. The summed E-state index contributed by atoms with van der Waals surface area (Å²) in [6, 6.07) is 9.11. The minimum atomic E-state index is -0.300. The molecule has 0 bridgehead atoms. The van der Waals surface area contributed by atoms with Crippen molar-refractivity contribution < 1.29 is 4.39 Å². The van der Waals surface area contributed by atoms with E-state index in [1.807, 2.05) is 30.5 Å². The van der Waals surface area contributed by atoms with Crippen LogP contribution in [0.2, 0.25) is 0 Å². The summed E-state index contributed by atoms with van der Waals surface area (Å²) in [7, 11) is 0. The number of aromatic nitrogens is 3. The summed E-state index contributed by atoms with van der Waals surface area (Å²) in [5, 5.41) is 0. The first-order valence-corrected chi connectivity index (χ1v) is 8.20. The van der Waals surface area contributed by atoms with Gasteiger partial charge in [0.15, 0.2) is 5.82 Å². The molecule has 1 aliphatic heterocycles. The van der Waals surface area contributed by atoms with Crippen LogP contribution in [0.1, 0.15) is 16.8 Å². The Balaban J connectivity index is 1.51. The molecule has 25 heavy (non-hydrogen) atoms. The molecule has 6 heteroatoms. The predicted molar refractivity (Wildman–Crippen MR) is 93.9 cm³/mol. The van der Waals surface area contributed by atoms with Gasteiger partial charge in [-0.3, -0.25) is 9.88 Å². The second-order valence-corrected chi connectivity index (χ2v) is 6.26. The molecule has 0 saturated heterocycles. The van der Waals surface area contributed by atoms with Crippen LogP contribution in [-0.2, 0) is 19.5 Å². The highest BCUT2D eigenvalue weighted by molar-refractivity contribution is 5.58. The van der Waals surface area contributed by atoms with Crippen LogP contribution in [0.4, 0.5) is 10.1 Å². The van der Waals surface area contributed by atoms with Crippen LogP contribution >= 0.6 is 0 Å². The first kappa shape index (κ1) is 15.7. The van der Waals surface area contributed by atoms with Gasteiger partial charge >= 0.3 is 0 Å². The first-order chi connectivity index (χ1) is 12.2. The normalized spacial score (nSPS) is 14.3. The Bertz CT molecular complexity index is 895. The van der Waals surface area contributed by atoms with Crippen LogP contribution in [0.25, 0.3) is 11.4 Å². The van der Waals surface area contributed by atoms with Gasteiger partial charge in [0.25, 0.3) is 0 Å². The largest absolute Gasteiger partial charge is 0.399 e. The van der Waals surface area contributed by atoms with Crippen molar-refractivity contribution in [2.75, 3.05) is 12.3 Å². The second-order valence-electron chi connectivity index (χ2n) is 6.26. The zero-order valence-corrected chi connectivity index (χ0v) is 13.7. The fraction of sp³-hybridized carbons (Fsp3) is 0.211. The highest BCUT2D eigenvalue weighted by Crippen LogP contribution is 2.22. The Morgan fingerprint density at radius 3 is 2.76 bits per heavy atom. The van der Waals surface area contributed by atoms with Crippen molar-refractivity contribution in [3.8, 4) is 11.4 Å². The molecule has 0 aliphatic carbocycles. The Morgan fingerprint density at radius 1 is 1.12 bits per heavy atom. The van der Waals surface area contributed by atoms with Gasteiger partial charge in [-0.25, -0.2) is 14.4 Å². The number of benzene rings is 1. The maximum Gasteiger partial charge on any atom is 0.159 e. The number of rotatable bonds is 3. The van der Waals surface area contributed by atoms with Crippen LogP contribution < -0.4 is 5.73 Å². The monoisotopic (exact) mass is 335 g/mol. The highest BCUT2D eigenvalue weighted by atomic mass is 19.1. The molecule has 0 radical (unpaired) electrons. The predicted octanol–water partition coefficient (Wildman–Crippen LogP) is 2.82. The number of nitrogen functional groups attached to an aromatic ring is 1. The van der Waals surface area contributed by atoms with E-state index >= 15 is 0 Å². The zero-order valence-electron chi connectivity index (χ0n) is 13.7. The van der Waals surface area contributed by atoms with E-state index in [1.165, 1.54) is 12.3 Å². The molecule has 0 saturated carbocycles. The second kappa shape index (κ2) is 6.57. The van der Waals surface area contributed by atoms with Crippen molar-refractivity contribution in [3.63, 3.8) is 0 Å². The lowest BCUT2D eigenvalue weighted by Gasteiger charge is -2.28. The third-order valence-electron chi connectivity index (χ3n) is 4.35. The number of halogens is 1. The summed E-state index contributed by atoms with van der Waals surface area (Å²) >= 11 is 0. The van der Waals surface area contributed by atoms with Crippen molar-refractivity contribution in [3.05, 3.63) is 71.6 Å². The molecule has 4 rings (SSSR count). The maximum atomic E-state index is 13.3. The van der Waals surface area contributed by atoms with Crippen LogP contribution in [0.5, 0.6) is 0 Å². The summed E-state index contributed by atoms with van der Waals surface area (Å²) in [6.45, 7) is 2.31. The molecule has 0 fully saturated rings. The van der Waals surface area contributed by atoms with E-state index in [-0.39, 0.29) is 5.82 Å². The molecule has 1 aliphatic rings. The van der Waals surface area contributed by atoms with E-state index < -0.39 is 0 Å². The van der Waals surface area contributed by atoms with Crippen molar-refractivity contribution >= 4 is 5.69 Å². The van der Waals surface area contributed by atoms with Gasteiger partial charge in [0.05, 0.1) is 11.9 Å². The maximum absolute atomic E-state index is 13.3. The molecule has 0 spiro atoms. The Labute approximate surface area is 145 Å². The van der Waals surface area contributed by atoms with E-state index in [9.17, 15) is 4.39 Å². The molecule has 2 aromatic heterocycles. The number of anilines is 1. The van der Waals surface area contributed by atoms with Crippen LogP contribution in [-0.4, -0.2) is 26.4 Å². The minimum Gasteiger partial charge on any atom is -0.399 e. The van der Waals surface area contributed by atoms with Gasteiger partial charge in [-0.1, -0.05) is 0 Å². The average molecular weight is 335 g/mol. The lowest BCUT2D eigenvalue weighted by Crippen LogP contribution is -2.31. The number of fused-ring (bicyclic) bond motifs is 1. The third kappa shape index (κ3) is 3.49. The summed E-state index contributed by atoms with van der Waals surface area (Å²) < 4.78 is 13.3. The van der Waals surface area contributed by atoms with E-state index in [0.29, 0.717) is 6.54 Å². The number of pyridine rings is 1. The van der Waals surface area contributed by atoms with Crippen molar-refractivity contribution in [1.29, 1.82) is 0 Å². The van der Waals surface area contributed by atoms with Crippen LogP contribution in [0, 0.1) is 5.82 Å². The van der Waals surface area contributed by atoms with Gasteiger partial charge in [0.1, 0.15) is 5.82 Å². The molecule has 5 nitrogen and oxygen atoms in total. The van der Waals surface area contributed by atoms with Crippen LogP contribution in [0.3, 0.4) is 0 Å². The topological polar surface area (TPSA) is 67.9 Å². The van der Waals surface area contributed by atoms with Gasteiger partial charge in [0, 0.05) is 55.3 Å². The number of hydrogen-bond acceptors (Lipinski definition) is 5. The molecule has 0 atom stereocenters. The molecule has 2 N–H and O–H groups in total. The van der Waals surface area contributed by atoms with Crippen molar-refractivity contribution in [2.24, 2.45) is 0 Å².